The van der Waals surface area contributed by atoms with Gasteiger partial charge in [-0.3, -0.25) is 14.4 Å². The second-order valence-electron chi connectivity index (χ2n) is 9.39. The maximum Gasteiger partial charge on any atom is 0.223 e. The number of unbranched alkanes of at least 4 members (excludes halogenated alkanes) is 1. The zero-order chi connectivity index (χ0) is 25.0. The molecule has 0 saturated heterocycles. The van der Waals surface area contributed by atoms with Crippen LogP contribution in [0.5, 0.6) is 0 Å². The van der Waals surface area contributed by atoms with Gasteiger partial charge < -0.3 is 22.1 Å². The van der Waals surface area contributed by atoms with Gasteiger partial charge in [-0.2, -0.15) is 0 Å². The summed E-state index contributed by atoms with van der Waals surface area (Å²) < 4.78 is 0. The molecule has 0 heterocycles. The molecule has 0 aromatic heterocycles. The SMILES string of the molecule is NCCCC[C@H](NC(=O)C1CCC(CN)CC1)C(=O)CNc1ccc(C(=O)c2ccccc2)cc1. The molecule has 188 valence electrons. The molecule has 0 bridgehead atoms. The molecule has 1 aliphatic rings. The van der Waals surface area contributed by atoms with E-state index in [1.165, 1.54) is 0 Å². The summed E-state index contributed by atoms with van der Waals surface area (Å²) in [7, 11) is 0. The van der Waals surface area contributed by atoms with Crippen LogP contribution in [0.3, 0.4) is 0 Å². The molecule has 0 unspecified atom stereocenters. The van der Waals surface area contributed by atoms with E-state index in [1.54, 1.807) is 36.4 Å². The van der Waals surface area contributed by atoms with Gasteiger partial charge in [-0.05, 0) is 88.2 Å². The van der Waals surface area contributed by atoms with E-state index in [4.69, 9.17) is 11.5 Å². The number of Topliss-reactive ketones (excluding diaryl/α,β-unsaturated/α-hetero) is 1. The minimum absolute atomic E-state index is 0.0321. The summed E-state index contributed by atoms with van der Waals surface area (Å²) in [4.78, 5) is 38.4. The molecule has 1 aliphatic carbocycles. The van der Waals surface area contributed by atoms with Gasteiger partial charge in [0.2, 0.25) is 5.91 Å². The Hall–Kier alpha value is -3.03. The monoisotopic (exact) mass is 478 g/mol. The van der Waals surface area contributed by atoms with Crippen molar-refractivity contribution in [1.82, 2.24) is 5.32 Å². The fourth-order valence-electron chi connectivity index (χ4n) is 4.56. The number of benzene rings is 2. The zero-order valence-corrected chi connectivity index (χ0v) is 20.4. The molecular formula is C28H38N4O3. The molecule has 1 amide bonds. The highest BCUT2D eigenvalue weighted by Gasteiger charge is 2.28. The second-order valence-corrected chi connectivity index (χ2v) is 9.39. The molecule has 0 radical (unpaired) electrons. The summed E-state index contributed by atoms with van der Waals surface area (Å²) in [5.74, 6) is 0.312. The largest absolute Gasteiger partial charge is 0.378 e. The average Bonchev–Trinajstić information content (AvgIpc) is 2.91. The number of anilines is 1. The molecule has 3 rings (SSSR count). The van der Waals surface area contributed by atoms with Gasteiger partial charge in [0.15, 0.2) is 11.6 Å². The molecule has 0 spiro atoms. The molecule has 7 heteroatoms. The summed E-state index contributed by atoms with van der Waals surface area (Å²) in [5.41, 5.74) is 13.4. The molecule has 1 atom stereocenters. The van der Waals surface area contributed by atoms with Gasteiger partial charge in [-0.15, -0.1) is 0 Å². The number of amides is 1. The Balaban J connectivity index is 1.54. The molecule has 1 fully saturated rings. The van der Waals surface area contributed by atoms with E-state index in [-0.39, 0.29) is 29.9 Å². The number of nitrogens with two attached hydrogens (primary N) is 2. The summed E-state index contributed by atoms with van der Waals surface area (Å²) in [5, 5.41) is 6.15. The first-order chi connectivity index (χ1) is 17.0. The van der Waals surface area contributed by atoms with Crippen molar-refractivity contribution in [1.29, 1.82) is 0 Å². The van der Waals surface area contributed by atoms with Crippen LogP contribution in [0, 0.1) is 11.8 Å². The van der Waals surface area contributed by atoms with Crippen LogP contribution >= 0.6 is 0 Å². The van der Waals surface area contributed by atoms with Gasteiger partial charge in [0.25, 0.3) is 0 Å². The third kappa shape index (κ3) is 8.01. The molecule has 0 aliphatic heterocycles. The van der Waals surface area contributed by atoms with Crippen LogP contribution in [0.4, 0.5) is 5.69 Å². The lowest BCUT2D eigenvalue weighted by atomic mass is 9.81. The fourth-order valence-corrected chi connectivity index (χ4v) is 4.56. The lowest BCUT2D eigenvalue weighted by molar-refractivity contribution is -0.130. The van der Waals surface area contributed by atoms with E-state index in [0.29, 0.717) is 36.6 Å². The van der Waals surface area contributed by atoms with Crippen LogP contribution in [-0.2, 0) is 9.59 Å². The maximum atomic E-state index is 13.0. The highest BCUT2D eigenvalue weighted by atomic mass is 16.2. The minimum atomic E-state index is -0.535. The third-order valence-electron chi connectivity index (χ3n) is 6.85. The highest BCUT2D eigenvalue weighted by Crippen LogP contribution is 2.28. The Morgan fingerprint density at radius 3 is 2.14 bits per heavy atom. The van der Waals surface area contributed by atoms with Crippen molar-refractivity contribution >= 4 is 23.2 Å². The van der Waals surface area contributed by atoms with Crippen LogP contribution in [0.1, 0.15) is 60.9 Å². The van der Waals surface area contributed by atoms with Crippen LogP contribution in [0.2, 0.25) is 0 Å². The summed E-state index contributed by atoms with van der Waals surface area (Å²) in [6, 6.07) is 15.7. The van der Waals surface area contributed by atoms with Crippen molar-refractivity contribution in [3.05, 3.63) is 65.7 Å². The van der Waals surface area contributed by atoms with Gasteiger partial charge in [0, 0.05) is 22.7 Å². The van der Waals surface area contributed by atoms with Gasteiger partial charge in [-0.1, -0.05) is 30.3 Å². The fraction of sp³-hybridized carbons (Fsp3) is 0.464. The van der Waals surface area contributed by atoms with Gasteiger partial charge in [0.05, 0.1) is 12.6 Å². The van der Waals surface area contributed by atoms with E-state index in [1.807, 2.05) is 18.2 Å². The lowest BCUT2D eigenvalue weighted by Crippen LogP contribution is -2.46. The van der Waals surface area contributed by atoms with E-state index in [0.717, 1.165) is 44.2 Å². The number of nitrogens with one attached hydrogen (secondary N) is 2. The maximum absolute atomic E-state index is 13.0. The first-order valence-corrected chi connectivity index (χ1v) is 12.7. The van der Waals surface area contributed by atoms with Crippen molar-refractivity contribution in [2.45, 2.75) is 51.0 Å². The number of rotatable bonds is 13. The smallest absolute Gasteiger partial charge is 0.223 e. The number of carbonyl (C=O) groups excluding carboxylic acids is 3. The Morgan fingerprint density at radius 1 is 0.857 bits per heavy atom. The van der Waals surface area contributed by atoms with Gasteiger partial charge in [0.1, 0.15) is 0 Å². The van der Waals surface area contributed by atoms with Crippen molar-refractivity contribution in [2.24, 2.45) is 23.3 Å². The van der Waals surface area contributed by atoms with Gasteiger partial charge in [-0.25, -0.2) is 0 Å². The van der Waals surface area contributed by atoms with E-state index < -0.39 is 6.04 Å². The molecule has 2 aromatic carbocycles. The van der Waals surface area contributed by atoms with Crippen LogP contribution in [0.15, 0.2) is 54.6 Å². The molecule has 7 nitrogen and oxygen atoms in total. The molecule has 1 saturated carbocycles. The summed E-state index contributed by atoms with van der Waals surface area (Å²) in [6.07, 6.45) is 5.74. The Bertz CT molecular complexity index is 954. The van der Waals surface area contributed by atoms with Crippen LogP contribution < -0.4 is 22.1 Å². The minimum Gasteiger partial charge on any atom is -0.378 e. The predicted molar refractivity (Wildman–Crippen MR) is 139 cm³/mol. The van der Waals surface area contributed by atoms with Crippen LogP contribution in [0.25, 0.3) is 0 Å². The number of hydrogen-bond donors (Lipinski definition) is 4. The predicted octanol–water partition coefficient (Wildman–Crippen LogP) is 3.28. The van der Waals surface area contributed by atoms with Gasteiger partial charge >= 0.3 is 0 Å². The Morgan fingerprint density at radius 2 is 1.51 bits per heavy atom. The summed E-state index contributed by atoms with van der Waals surface area (Å²) in [6.45, 7) is 1.32. The Labute approximate surface area is 208 Å². The van der Waals surface area contributed by atoms with E-state index in [9.17, 15) is 14.4 Å². The topological polar surface area (TPSA) is 127 Å². The third-order valence-corrected chi connectivity index (χ3v) is 6.85. The number of carbonyl (C=O) groups is 3. The average molecular weight is 479 g/mol. The van der Waals surface area contributed by atoms with E-state index >= 15 is 0 Å². The standard InChI is InChI=1S/C28H38N4O3/c29-17-5-4-8-25(32-28(35)23-11-9-20(18-30)10-12-23)26(33)19-31-24-15-13-22(14-16-24)27(34)21-6-2-1-3-7-21/h1-3,6-7,13-16,20,23,25,31H,4-5,8-12,17-19,29-30H2,(H,32,35)/t20?,23?,25-/m0/s1. The van der Waals surface area contributed by atoms with Crippen molar-refractivity contribution < 1.29 is 14.4 Å². The van der Waals surface area contributed by atoms with Crippen molar-refractivity contribution in [3.8, 4) is 0 Å². The molecular weight excluding hydrogens is 440 g/mol. The van der Waals surface area contributed by atoms with Crippen molar-refractivity contribution in [3.63, 3.8) is 0 Å². The van der Waals surface area contributed by atoms with Crippen LogP contribution in [-0.4, -0.2) is 43.1 Å². The first-order valence-electron chi connectivity index (χ1n) is 12.7. The second kappa shape index (κ2) is 13.8. The normalized spacial score (nSPS) is 18.5. The number of ketones is 2. The van der Waals surface area contributed by atoms with E-state index in [2.05, 4.69) is 10.6 Å². The lowest BCUT2D eigenvalue weighted by Gasteiger charge is -2.28. The molecule has 35 heavy (non-hydrogen) atoms. The molecule has 6 N–H and O–H groups in total. The zero-order valence-electron chi connectivity index (χ0n) is 20.4. The summed E-state index contributed by atoms with van der Waals surface area (Å²) >= 11 is 0. The molecule has 2 aromatic rings. The highest BCUT2D eigenvalue weighted by molar-refractivity contribution is 6.09. The first kappa shape index (κ1) is 26.6. The quantitative estimate of drug-likeness (QED) is 0.258. The number of hydrogen-bond acceptors (Lipinski definition) is 6. The van der Waals surface area contributed by atoms with Crippen molar-refractivity contribution in [2.75, 3.05) is 25.0 Å². The Kier molecular flexibility index (Phi) is 10.4.